The lowest BCUT2D eigenvalue weighted by atomic mass is 10.1. The molecule has 10 aromatic rings. The maximum atomic E-state index is 13.9. The molecule has 0 N–H and O–H groups in total. The lowest BCUT2D eigenvalue weighted by Crippen LogP contribution is -1.98. The largest absolute Gasteiger partial charge is 0.457 e. The second-order valence-electron chi connectivity index (χ2n) is 12.6. The fourth-order valence-corrected chi connectivity index (χ4v) is 7.00. The molecule has 0 radical (unpaired) electrons. The van der Waals surface area contributed by atoms with Crippen LogP contribution in [0.4, 0.5) is 8.78 Å². The molecule has 11 heteroatoms. The van der Waals surface area contributed by atoms with Crippen molar-refractivity contribution in [3.05, 3.63) is 164 Å². The van der Waals surface area contributed by atoms with Crippen molar-refractivity contribution in [3.8, 4) is 46.0 Å². The third-order valence-corrected chi connectivity index (χ3v) is 9.28. The highest BCUT2D eigenvalue weighted by atomic mass is 19.1. The van der Waals surface area contributed by atoms with Gasteiger partial charge in [-0.1, -0.05) is 36.4 Å². The SMILES string of the molecule is Fc1ccc(-n2c3ccccc3c3ccc(Oc4cc(Oc5ccc6c7ccccc7n(-c7ccc(F)cn7)c6c5)cc(-c5ncncn5)c4)cc32)nc1. The molecule has 0 atom stereocenters. The van der Waals surface area contributed by atoms with Crippen LogP contribution in [0.1, 0.15) is 0 Å². The standard InChI is InChI=1S/C43H25F2N7O2/c44-27-9-15-41(47-22-27)51-37-7-3-1-5-33(37)35-13-11-29(20-39(35)51)53-31-17-26(43-49-24-46-25-50-43)18-32(19-31)54-30-12-14-36-34-6-2-4-8-38(34)52(40(36)21-30)42-16-10-28(45)23-48-42/h1-25H. The van der Waals surface area contributed by atoms with E-state index < -0.39 is 11.6 Å². The summed E-state index contributed by atoms with van der Waals surface area (Å²) in [7, 11) is 0. The highest BCUT2D eigenvalue weighted by Gasteiger charge is 2.17. The molecule has 5 aromatic heterocycles. The Balaban J connectivity index is 1.07. The molecule has 0 amide bonds. The lowest BCUT2D eigenvalue weighted by Gasteiger charge is -2.13. The van der Waals surface area contributed by atoms with Gasteiger partial charge in [-0.15, -0.1) is 0 Å². The molecule has 0 spiro atoms. The number of pyridine rings is 2. The Morgan fingerprint density at radius 1 is 0.426 bits per heavy atom. The van der Waals surface area contributed by atoms with Crippen LogP contribution in [-0.2, 0) is 0 Å². The van der Waals surface area contributed by atoms with E-state index in [1.54, 1.807) is 18.2 Å². The summed E-state index contributed by atoms with van der Waals surface area (Å²) in [5, 5.41) is 4.05. The van der Waals surface area contributed by atoms with Crippen LogP contribution in [0.5, 0.6) is 23.0 Å². The highest BCUT2D eigenvalue weighted by Crippen LogP contribution is 2.39. The van der Waals surface area contributed by atoms with E-state index in [-0.39, 0.29) is 0 Å². The molecule has 0 saturated carbocycles. The first kappa shape index (κ1) is 31.2. The molecule has 9 nitrogen and oxygen atoms in total. The van der Waals surface area contributed by atoms with E-state index in [9.17, 15) is 8.78 Å². The van der Waals surface area contributed by atoms with Gasteiger partial charge in [0.15, 0.2) is 5.82 Å². The van der Waals surface area contributed by atoms with Crippen LogP contribution in [0.3, 0.4) is 0 Å². The molecule has 54 heavy (non-hydrogen) atoms. The molecule has 5 aromatic carbocycles. The van der Waals surface area contributed by atoms with E-state index in [2.05, 4.69) is 24.9 Å². The molecular formula is C43H25F2N7O2. The van der Waals surface area contributed by atoms with Crippen molar-refractivity contribution in [2.24, 2.45) is 0 Å². The van der Waals surface area contributed by atoms with Gasteiger partial charge in [-0.2, -0.15) is 0 Å². The molecule has 0 unspecified atom stereocenters. The summed E-state index contributed by atoms with van der Waals surface area (Å²) < 4.78 is 44.8. The number of aromatic nitrogens is 7. The van der Waals surface area contributed by atoms with Gasteiger partial charge in [0.2, 0.25) is 0 Å². The molecule has 0 bridgehead atoms. The molecule has 0 saturated heterocycles. The Labute approximate surface area is 305 Å². The Morgan fingerprint density at radius 3 is 1.39 bits per heavy atom. The summed E-state index contributed by atoms with van der Waals surface area (Å²) in [6.07, 6.45) is 5.29. The number of nitrogens with zero attached hydrogens (tertiary/aromatic N) is 7. The first-order chi connectivity index (χ1) is 26.6. The summed E-state index contributed by atoms with van der Waals surface area (Å²) in [5.41, 5.74) is 4.21. The predicted octanol–water partition coefficient (Wildman–Crippen LogP) is 10.4. The van der Waals surface area contributed by atoms with Crippen LogP contribution in [0.2, 0.25) is 0 Å². The van der Waals surface area contributed by atoms with Gasteiger partial charge in [-0.05, 0) is 72.8 Å². The van der Waals surface area contributed by atoms with Gasteiger partial charge in [0.05, 0.1) is 34.5 Å². The fourth-order valence-electron chi connectivity index (χ4n) is 7.00. The van der Waals surface area contributed by atoms with Crippen molar-refractivity contribution < 1.29 is 18.3 Å². The molecular weight excluding hydrogens is 685 g/mol. The third-order valence-electron chi connectivity index (χ3n) is 9.28. The second-order valence-corrected chi connectivity index (χ2v) is 12.6. The van der Waals surface area contributed by atoms with Crippen molar-refractivity contribution in [2.45, 2.75) is 0 Å². The maximum Gasteiger partial charge on any atom is 0.162 e. The van der Waals surface area contributed by atoms with Gasteiger partial charge in [0.1, 0.15) is 58.9 Å². The number of hydrogen-bond acceptors (Lipinski definition) is 7. The number of hydrogen-bond donors (Lipinski definition) is 0. The van der Waals surface area contributed by atoms with Crippen molar-refractivity contribution >= 4 is 43.6 Å². The molecule has 0 aliphatic heterocycles. The third kappa shape index (κ3) is 5.42. The average Bonchev–Trinajstić information content (AvgIpc) is 3.71. The summed E-state index contributed by atoms with van der Waals surface area (Å²) >= 11 is 0. The second kappa shape index (κ2) is 12.6. The number of ether oxygens (including phenoxy) is 2. The first-order valence-electron chi connectivity index (χ1n) is 17.0. The summed E-state index contributed by atoms with van der Waals surface area (Å²) in [6, 6.07) is 39.3. The van der Waals surface area contributed by atoms with Crippen LogP contribution in [0, 0.1) is 11.6 Å². The molecule has 258 valence electrons. The van der Waals surface area contributed by atoms with E-state index in [1.165, 1.54) is 37.2 Å². The summed E-state index contributed by atoms with van der Waals surface area (Å²) in [4.78, 5) is 21.5. The van der Waals surface area contributed by atoms with Crippen molar-refractivity contribution in [3.63, 3.8) is 0 Å². The zero-order chi connectivity index (χ0) is 36.2. The maximum absolute atomic E-state index is 13.9. The molecule has 0 fully saturated rings. The zero-order valence-electron chi connectivity index (χ0n) is 28.1. The van der Waals surface area contributed by atoms with Crippen LogP contribution in [0.25, 0.3) is 66.6 Å². The van der Waals surface area contributed by atoms with E-state index in [4.69, 9.17) is 9.47 Å². The zero-order valence-corrected chi connectivity index (χ0v) is 28.1. The Bertz CT molecular complexity index is 2840. The monoisotopic (exact) mass is 709 g/mol. The van der Waals surface area contributed by atoms with Gasteiger partial charge in [-0.3, -0.25) is 9.13 Å². The minimum absolute atomic E-state index is 0.410. The fraction of sp³-hybridized carbons (Fsp3) is 0. The number of rotatable bonds is 7. The van der Waals surface area contributed by atoms with Crippen molar-refractivity contribution in [1.82, 2.24) is 34.1 Å². The van der Waals surface area contributed by atoms with Crippen LogP contribution in [0.15, 0.2) is 152 Å². The number of fused-ring (bicyclic) bond motifs is 6. The number of halogens is 2. The van der Waals surface area contributed by atoms with Crippen LogP contribution >= 0.6 is 0 Å². The topological polar surface area (TPSA) is 92.8 Å². The van der Waals surface area contributed by atoms with Crippen LogP contribution < -0.4 is 9.47 Å². The van der Waals surface area contributed by atoms with E-state index in [0.29, 0.717) is 46.0 Å². The lowest BCUT2D eigenvalue weighted by molar-refractivity contribution is 0.461. The molecule has 0 aliphatic rings. The Kier molecular flexibility index (Phi) is 7.29. The van der Waals surface area contributed by atoms with Crippen molar-refractivity contribution in [2.75, 3.05) is 0 Å². The van der Waals surface area contributed by atoms with Crippen molar-refractivity contribution in [1.29, 1.82) is 0 Å². The normalized spacial score (nSPS) is 11.5. The molecule has 0 aliphatic carbocycles. The molecule has 10 rings (SSSR count). The van der Waals surface area contributed by atoms with Gasteiger partial charge >= 0.3 is 0 Å². The van der Waals surface area contributed by atoms with E-state index in [1.807, 2.05) is 106 Å². The Morgan fingerprint density at radius 2 is 0.907 bits per heavy atom. The number of benzene rings is 5. The predicted molar refractivity (Wildman–Crippen MR) is 202 cm³/mol. The van der Waals surface area contributed by atoms with Gasteiger partial charge in [-0.25, -0.2) is 33.7 Å². The summed E-state index contributed by atoms with van der Waals surface area (Å²) in [6.45, 7) is 0. The molecule has 5 heterocycles. The Hall–Kier alpha value is -7.53. The average molecular weight is 710 g/mol. The van der Waals surface area contributed by atoms with E-state index in [0.717, 1.165) is 43.6 Å². The summed E-state index contributed by atoms with van der Waals surface area (Å²) in [5.74, 6) is 2.87. The minimum atomic E-state index is -0.410. The highest BCUT2D eigenvalue weighted by molar-refractivity contribution is 6.10. The number of para-hydroxylation sites is 2. The van der Waals surface area contributed by atoms with Gasteiger partial charge in [0, 0.05) is 45.3 Å². The quantitative estimate of drug-likeness (QED) is 0.163. The first-order valence-corrected chi connectivity index (χ1v) is 17.0. The smallest absolute Gasteiger partial charge is 0.162 e. The van der Waals surface area contributed by atoms with Gasteiger partial charge in [0.25, 0.3) is 0 Å². The van der Waals surface area contributed by atoms with E-state index >= 15 is 0 Å². The van der Waals surface area contributed by atoms with Crippen LogP contribution in [-0.4, -0.2) is 34.1 Å². The minimum Gasteiger partial charge on any atom is -0.457 e. The van der Waals surface area contributed by atoms with Gasteiger partial charge < -0.3 is 9.47 Å².